The number of hydrogen-bond donors (Lipinski definition) is 3. The van der Waals surface area contributed by atoms with Crippen LogP contribution in [0, 0.1) is 0 Å². The van der Waals surface area contributed by atoms with E-state index in [9.17, 15) is 4.79 Å². The number of rotatable bonds is 6. The minimum absolute atomic E-state index is 0.00467. The molecule has 0 aromatic heterocycles. The van der Waals surface area contributed by atoms with Crippen LogP contribution >= 0.6 is 12.2 Å². The standard InChI is InChI=1S/C17H18N2O3S/c1-2-22-15-6-4-3-5-14(15)19-17(23)18-13-9-7-12(8-10-13)11-16(20)21/h3-10H,2,11H2,1H3,(H,20,21)(H2,18,19,23). The topological polar surface area (TPSA) is 70.6 Å². The number of ether oxygens (including phenoxy) is 1. The van der Waals surface area contributed by atoms with Crippen LogP contribution in [0.15, 0.2) is 48.5 Å². The maximum absolute atomic E-state index is 10.7. The molecule has 0 heterocycles. The number of carbonyl (C=O) groups is 1. The minimum Gasteiger partial charge on any atom is -0.492 e. The molecule has 2 rings (SSSR count). The van der Waals surface area contributed by atoms with Crippen molar-refractivity contribution in [3.05, 3.63) is 54.1 Å². The van der Waals surface area contributed by atoms with E-state index < -0.39 is 5.97 Å². The molecule has 0 aliphatic heterocycles. The lowest BCUT2D eigenvalue weighted by atomic mass is 10.1. The lowest BCUT2D eigenvalue weighted by molar-refractivity contribution is -0.136. The smallest absolute Gasteiger partial charge is 0.307 e. The van der Waals surface area contributed by atoms with E-state index in [0.29, 0.717) is 11.7 Å². The van der Waals surface area contributed by atoms with Crippen LogP contribution in [-0.4, -0.2) is 22.8 Å². The third kappa shape index (κ3) is 5.27. The summed E-state index contributed by atoms with van der Waals surface area (Å²) in [4.78, 5) is 10.7. The summed E-state index contributed by atoms with van der Waals surface area (Å²) in [7, 11) is 0. The molecule has 23 heavy (non-hydrogen) atoms. The average Bonchev–Trinajstić information content (AvgIpc) is 2.51. The second kappa shape index (κ2) is 8.14. The minimum atomic E-state index is -0.851. The molecule has 0 radical (unpaired) electrons. The van der Waals surface area contributed by atoms with Crippen molar-refractivity contribution in [2.45, 2.75) is 13.3 Å². The van der Waals surface area contributed by atoms with E-state index in [1.165, 1.54) is 0 Å². The molecule has 5 nitrogen and oxygen atoms in total. The van der Waals surface area contributed by atoms with E-state index in [-0.39, 0.29) is 6.42 Å². The van der Waals surface area contributed by atoms with Crippen LogP contribution in [0.1, 0.15) is 12.5 Å². The molecule has 0 saturated carbocycles. The highest BCUT2D eigenvalue weighted by atomic mass is 32.1. The normalized spacial score (nSPS) is 9.96. The first-order chi connectivity index (χ1) is 11.1. The van der Waals surface area contributed by atoms with E-state index in [0.717, 1.165) is 22.7 Å². The van der Waals surface area contributed by atoms with Crippen molar-refractivity contribution in [2.24, 2.45) is 0 Å². The number of carboxylic acids is 1. The van der Waals surface area contributed by atoms with Crippen molar-refractivity contribution in [3.63, 3.8) is 0 Å². The van der Waals surface area contributed by atoms with Gasteiger partial charge in [-0.25, -0.2) is 0 Å². The van der Waals surface area contributed by atoms with Gasteiger partial charge in [0, 0.05) is 5.69 Å². The van der Waals surface area contributed by atoms with Gasteiger partial charge >= 0.3 is 5.97 Å². The van der Waals surface area contributed by atoms with Crippen molar-refractivity contribution in [1.82, 2.24) is 0 Å². The fraction of sp³-hybridized carbons (Fsp3) is 0.176. The van der Waals surface area contributed by atoms with Gasteiger partial charge in [-0.05, 0) is 49.0 Å². The average molecular weight is 330 g/mol. The van der Waals surface area contributed by atoms with Crippen molar-refractivity contribution < 1.29 is 14.6 Å². The molecule has 3 N–H and O–H groups in total. The first-order valence-electron chi connectivity index (χ1n) is 7.19. The molecule has 0 unspecified atom stereocenters. The highest BCUT2D eigenvalue weighted by Crippen LogP contribution is 2.24. The van der Waals surface area contributed by atoms with Gasteiger partial charge in [-0.2, -0.15) is 0 Å². The molecule has 2 aromatic rings. The summed E-state index contributed by atoms with van der Waals surface area (Å²) < 4.78 is 5.54. The van der Waals surface area contributed by atoms with Gasteiger partial charge in [-0.15, -0.1) is 0 Å². The van der Waals surface area contributed by atoms with Crippen LogP contribution in [0.5, 0.6) is 5.75 Å². The van der Waals surface area contributed by atoms with Crippen LogP contribution in [0.3, 0.4) is 0 Å². The molecule has 0 bridgehead atoms. The Balaban J connectivity index is 1.98. The quantitative estimate of drug-likeness (QED) is 0.704. The van der Waals surface area contributed by atoms with Gasteiger partial charge < -0.3 is 20.5 Å². The number of nitrogens with one attached hydrogen (secondary N) is 2. The number of benzene rings is 2. The Morgan fingerprint density at radius 3 is 2.48 bits per heavy atom. The molecule has 0 saturated heterocycles. The summed E-state index contributed by atoms with van der Waals surface area (Å²) in [5.41, 5.74) is 2.31. The van der Waals surface area contributed by atoms with Gasteiger partial charge in [0.1, 0.15) is 5.75 Å². The van der Waals surface area contributed by atoms with E-state index in [1.54, 1.807) is 24.3 Å². The monoisotopic (exact) mass is 330 g/mol. The Hall–Kier alpha value is -2.60. The molecular formula is C17H18N2O3S. The molecule has 0 fully saturated rings. The predicted molar refractivity (Wildman–Crippen MR) is 95.2 cm³/mol. The number of aliphatic carboxylic acids is 1. The van der Waals surface area contributed by atoms with Crippen molar-refractivity contribution in [1.29, 1.82) is 0 Å². The summed E-state index contributed by atoms with van der Waals surface area (Å²) >= 11 is 5.29. The van der Waals surface area contributed by atoms with Crippen LogP contribution in [-0.2, 0) is 11.2 Å². The summed E-state index contributed by atoms with van der Waals surface area (Å²) in [6.45, 7) is 2.50. The van der Waals surface area contributed by atoms with Crippen molar-refractivity contribution in [2.75, 3.05) is 17.2 Å². The summed E-state index contributed by atoms with van der Waals surface area (Å²) in [5.74, 6) is -0.119. The largest absolute Gasteiger partial charge is 0.492 e. The highest BCUT2D eigenvalue weighted by Gasteiger charge is 2.05. The summed E-state index contributed by atoms with van der Waals surface area (Å²) in [6, 6.07) is 14.6. The van der Waals surface area contributed by atoms with Crippen LogP contribution in [0.25, 0.3) is 0 Å². The van der Waals surface area contributed by atoms with E-state index in [2.05, 4.69) is 10.6 Å². The van der Waals surface area contributed by atoms with Gasteiger partial charge in [0.25, 0.3) is 0 Å². The molecule has 0 aliphatic carbocycles. The van der Waals surface area contributed by atoms with Gasteiger partial charge in [-0.3, -0.25) is 4.79 Å². The third-order valence-electron chi connectivity index (χ3n) is 3.00. The van der Waals surface area contributed by atoms with Gasteiger partial charge in [0.15, 0.2) is 5.11 Å². The highest BCUT2D eigenvalue weighted by molar-refractivity contribution is 7.80. The first-order valence-corrected chi connectivity index (χ1v) is 7.60. The fourth-order valence-electron chi connectivity index (χ4n) is 2.02. The van der Waals surface area contributed by atoms with Gasteiger partial charge in [-0.1, -0.05) is 24.3 Å². The summed E-state index contributed by atoms with van der Waals surface area (Å²) in [5, 5.41) is 15.3. The fourth-order valence-corrected chi connectivity index (χ4v) is 2.24. The second-order valence-electron chi connectivity index (χ2n) is 4.78. The Morgan fingerprint density at radius 2 is 1.83 bits per heavy atom. The van der Waals surface area contributed by atoms with Gasteiger partial charge in [0.05, 0.1) is 18.7 Å². The number of para-hydroxylation sites is 2. The summed E-state index contributed by atoms with van der Waals surface area (Å²) in [6.07, 6.45) is 0.00467. The predicted octanol–water partition coefficient (Wildman–Crippen LogP) is 3.52. The zero-order chi connectivity index (χ0) is 16.7. The number of hydrogen-bond acceptors (Lipinski definition) is 3. The number of carboxylic acid groups (broad SMARTS) is 1. The van der Waals surface area contributed by atoms with E-state index in [4.69, 9.17) is 22.1 Å². The molecule has 0 atom stereocenters. The first kappa shape index (κ1) is 16.8. The molecule has 6 heteroatoms. The van der Waals surface area contributed by atoms with E-state index >= 15 is 0 Å². The molecule has 2 aromatic carbocycles. The van der Waals surface area contributed by atoms with Crippen molar-refractivity contribution >= 4 is 34.7 Å². The third-order valence-corrected chi connectivity index (χ3v) is 3.21. The van der Waals surface area contributed by atoms with Crippen LogP contribution in [0.4, 0.5) is 11.4 Å². The van der Waals surface area contributed by atoms with E-state index in [1.807, 2.05) is 31.2 Å². The zero-order valence-electron chi connectivity index (χ0n) is 12.7. The zero-order valence-corrected chi connectivity index (χ0v) is 13.5. The SMILES string of the molecule is CCOc1ccccc1NC(=S)Nc1ccc(CC(=O)O)cc1. The van der Waals surface area contributed by atoms with Gasteiger partial charge in [0.2, 0.25) is 0 Å². The second-order valence-corrected chi connectivity index (χ2v) is 5.18. The number of anilines is 2. The lowest BCUT2D eigenvalue weighted by Gasteiger charge is -2.14. The Morgan fingerprint density at radius 1 is 1.13 bits per heavy atom. The Kier molecular flexibility index (Phi) is 5.94. The molecule has 0 spiro atoms. The Bertz CT molecular complexity index is 686. The Labute approximate surface area is 140 Å². The number of thiocarbonyl (C=S) groups is 1. The lowest BCUT2D eigenvalue weighted by Crippen LogP contribution is -2.19. The molecule has 120 valence electrons. The van der Waals surface area contributed by atoms with Crippen molar-refractivity contribution in [3.8, 4) is 5.75 Å². The molecule has 0 aliphatic rings. The van der Waals surface area contributed by atoms with Crippen LogP contribution < -0.4 is 15.4 Å². The molecular weight excluding hydrogens is 312 g/mol. The molecule has 0 amide bonds. The van der Waals surface area contributed by atoms with Crippen LogP contribution in [0.2, 0.25) is 0 Å². The maximum Gasteiger partial charge on any atom is 0.307 e. The maximum atomic E-state index is 10.7.